The second kappa shape index (κ2) is 4.22. The average Bonchev–Trinajstić information content (AvgIpc) is 2.38. The SMILES string of the molecule is Brc1cccc(-c2ccc3cccnc3n2)n1. The summed E-state index contributed by atoms with van der Waals surface area (Å²) in [6.45, 7) is 0. The molecule has 0 aliphatic carbocycles. The van der Waals surface area contributed by atoms with Crippen LogP contribution in [0.25, 0.3) is 22.4 Å². The number of nitrogens with zero attached hydrogens (tertiary/aromatic N) is 3. The van der Waals surface area contributed by atoms with Crippen LogP contribution < -0.4 is 0 Å². The summed E-state index contributed by atoms with van der Waals surface area (Å²) in [5, 5.41) is 1.03. The molecule has 0 unspecified atom stereocenters. The highest BCUT2D eigenvalue weighted by atomic mass is 79.9. The third-order valence-electron chi connectivity index (χ3n) is 2.44. The zero-order chi connectivity index (χ0) is 11.7. The van der Waals surface area contributed by atoms with Crippen LogP contribution >= 0.6 is 15.9 Å². The van der Waals surface area contributed by atoms with Crippen LogP contribution in [0.1, 0.15) is 0 Å². The second-order valence-electron chi connectivity index (χ2n) is 3.59. The van der Waals surface area contributed by atoms with Crippen LogP contribution in [0.5, 0.6) is 0 Å². The van der Waals surface area contributed by atoms with Gasteiger partial charge in [-0.05, 0) is 52.3 Å². The molecule has 3 heterocycles. The molecule has 0 atom stereocenters. The molecule has 0 amide bonds. The van der Waals surface area contributed by atoms with Crippen LogP contribution in [0.15, 0.2) is 53.3 Å². The van der Waals surface area contributed by atoms with E-state index in [4.69, 9.17) is 0 Å². The molecule has 0 radical (unpaired) electrons. The smallest absolute Gasteiger partial charge is 0.159 e. The van der Waals surface area contributed by atoms with Gasteiger partial charge in [0.05, 0.1) is 11.4 Å². The van der Waals surface area contributed by atoms with E-state index in [-0.39, 0.29) is 0 Å². The molecule has 0 aliphatic heterocycles. The number of aromatic nitrogens is 3. The maximum Gasteiger partial charge on any atom is 0.159 e. The Morgan fingerprint density at radius 2 is 1.71 bits per heavy atom. The average molecular weight is 286 g/mol. The molecule has 0 bridgehead atoms. The van der Waals surface area contributed by atoms with Crippen molar-refractivity contribution in [2.75, 3.05) is 0 Å². The molecule has 3 aromatic heterocycles. The minimum Gasteiger partial charge on any atom is -0.239 e. The number of rotatable bonds is 1. The fourth-order valence-corrected chi connectivity index (χ4v) is 1.99. The van der Waals surface area contributed by atoms with Crippen LogP contribution in [0.3, 0.4) is 0 Å². The van der Waals surface area contributed by atoms with E-state index in [1.165, 1.54) is 0 Å². The number of halogens is 1. The number of hydrogen-bond acceptors (Lipinski definition) is 3. The van der Waals surface area contributed by atoms with Crippen LogP contribution in [0, 0.1) is 0 Å². The monoisotopic (exact) mass is 285 g/mol. The summed E-state index contributed by atoms with van der Waals surface area (Å²) in [5.41, 5.74) is 2.41. The lowest BCUT2D eigenvalue weighted by Crippen LogP contribution is -1.90. The van der Waals surface area contributed by atoms with Crippen LogP contribution in [0.4, 0.5) is 0 Å². The van der Waals surface area contributed by atoms with Crippen LogP contribution in [-0.2, 0) is 0 Å². The maximum absolute atomic E-state index is 4.49. The first-order valence-corrected chi connectivity index (χ1v) is 5.97. The van der Waals surface area contributed by atoms with Gasteiger partial charge in [0, 0.05) is 11.6 Å². The molecular formula is C13H8BrN3. The van der Waals surface area contributed by atoms with E-state index in [0.29, 0.717) is 0 Å². The Labute approximate surface area is 107 Å². The van der Waals surface area contributed by atoms with Crippen molar-refractivity contribution in [2.24, 2.45) is 0 Å². The van der Waals surface area contributed by atoms with Crippen molar-refractivity contribution in [1.29, 1.82) is 0 Å². The molecule has 3 nitrogen and oxygen atoms in total. The molecular weight excluding hydrogens is 278 g/mol. The zero-order valence-corrected chi connectivity index (χ0v) is 10.4. The zero-order valence-electron chi connectivity index (χ0n) is 8.84. The van der Waals surface area contributed by atoms with Crippen molar-refractivity contribution >= 4 is 27.0 Å². The number of fused-ring (bicyclic) bond motifs is 1. The van der Waals surface area contributed by atoms with E-state index in [2.05, 4.69) is 30.9 Å². The van der Waals surface area contributed by atoms with E-state index in [9.17, 15) is 0 Å². The van der Waals surface area contributed by atoms with Gasteiger partial charge in [0.2, 0.25) is 0 Å². The summed E-state index contributed by atoms with van der Waals surface area (Å²) in [4.78, 5) is 13.1. The van der Waals surface area contributed by atoms with E-state index in [1.54, 1.807) is 6.20 Å². The Hall–Kier alpha value is -1.81. The maximum atomic E-state index is 4.49. The summed E-state index contributed by atoms with van der Waals surface area (Å²) in [5.74, 6) is 0. The van der Waals surface area contributed by atoms with E-state index in [1.807, 2.05) is 42.5 Å². The highest BCUT2D eigenvalue weighted by Gasteiger charge is 2.03. The minimum atomic E-state index is 0.742. The van der Waals surface area contributed by atoms with Gasteiger partial charge in [0.15, 0.2) is 5.65 Å². The Balaban J connectivity index is 2.18. The normalized spacial score (nSPS) is 10.6. The molecule has 82 valence electrons. The third kappa shape index (κ3) is 2.03. The summed E-state index contributed by atoms with van der Waals surface area (Å²) < 4.78 is 0.804. The highest BCUT2D eigenvalue weighted by Crippen LogP contribution is 2.19. The molecule has 0 N–H and O–H groups in total. The molecule has 17 heavy (non-hydrogen) atoms. The van der Waals surface area contributed by atoms with Gasteiger partial charge in [-0.3, -0.25) is 0 Å². The van der Waals surface area contributed by atoms with Gasteiger partial charge < -0.3 is 0 Å². The Bertz CT molecular complexity index is 682. The molecule has 0 saturated heterocycles. The molecule has 0 saturated carbocycles. The lowest BCUT2D eigenvalue weighted by atomic mass is 10.2. The minimum absolute atomic E-state index is 0.742. The van der Waals surface area contributed by atoms with Crippen molar-refractivity contribution in [2.45, 2.75) is 0 Å². The van der Waals surface area contributed by atoms with E-state index < -0.39 is 0 Å². The third-order valence-corrected chi connectivity index (χ3v) is 2.88. The first kappa shape index (κ1) is 10.4. The van der Waals surface area contributed by atoms with Crippen LogP contribution in [0.2, 0.25) is 0 Å². The predicted molar refractivity (Wildman–Crippen MR) is 70.5 cm³/mol. The molecule has 4 heteroatoms. The topological polar surface area (TPSA) is 38.7 Å². The Morgan fingerprint density at radius 3 is 2.59 bits per heavy atom. The summed E-state index contributed by atoms with van der Waals surface area (Å²) >= 11 is 3.35. The van der Waals surface area contributed by atoms with Gasteiger partial charge in [-0.15, -0.1) is 0 Å². The first-order valence-electron chi connectivity index (χ1n) is 5.18. The number of pyridine rings is 3. The fourth-order valence-electron chi connectivity index (χ4n) is 1.65. The van der Waals surface area contributed by atoms with Gasteiger partial charge in [-0.1, -0.05) is 6.07 Å². The van der Waals surface area contributed by atoms with Crippen molar-refractivity contribution in [3.05, 3.63) is 53.3 Å². The van der Waals surface area contributed by atoms with Gasteiger partial charge in [0.25, 0.3) is 0 Å². The summed E-state index contributed by atoms with van der Waals surface area (Å²) in [6, 6.07) is 13.6. The predicted octanol–water partition coefficient (Wildman–Crippen LogP) is 3.45. The molecule has 0 aromatic carbocycles. The highest BCUT2D eigenvalue weighted by molar-refractivity contribution is 9.10. The van der Waals surface area contributed by atoms with Crippen molar-refractivity contribution < 1.29 is 0 Å². The van der Waals surface area contributed by atoms with Crippen LogP contribution in [-0.4, -0.2) is 15.0 Å². The molecule has 0 spiro atoms. The number of hydrogen-bond donors (Lipinski definition) is 0. The molecule has 0 fully saturated rings. The quantitative estimate of drug-likeness (QED) is 0.643. The van der Waals surface area contributed by atoms with Gasteiger partial charge >= 0.3 is 0 Å². The molecule has 0 aliphatic rings. The van der Waals surface area contributed by atoms with Gasteiger partial charge in [-0.25, -0.2) is 15.0 Å². The molecule has 3 rings (SSSR count). The Morgan fingerprint density at radius 1 is 0.824 bits per heavy atom. The first-order chi connectivity index (χ1) is 8.33. The van der Waals surface area contributed by atoms with Gasteiger partial charge in [0.1, 0.15) is 4.60 Å². The second-order valence-corrected chi connectivity index (χ2v) is 4.40. The standard InChI is InChI=1S/C13H8BrN3/c14-12-5-1-4-10(16-12)11-7-6-9-3-2-8-15-13(9)17-11/h1-8H. The lowest BCUT2D eigenvalue weighted by Gasteiger charge is -2.02. The summed E-state index contributed by atoms with van der Waals surface area (Å²) in [6.07, 6.45) is 1.74. The van der Waals surface area contributed by atoms with E-state index >= 15 is 0 Å². The summed E-state index contributed by atoms with van der Waals surface area (Å²) in [7, 11) is 0. The van der Waals surface area contributed by atoms with Crippen molar-refractivity contribution in [3.63, 3.8) is 0 Å². The lowest BCUT2D eigenvalue weighted by molar-refractivity contribution is 1.22. The molecule has 3 aromatic rings. The van der Waals surface area contributed by atoms with Gasteiger partial charge in [-0.2, -0.15) is 0 Å². The Kier molecular flexibility index (Phi) is 2.57. The largest absolute Gasteiger partial charge is 0.239 e. The van der Waals surface area contributed by atoms with Crippen molar-refractivity contribution in [3.8, 4) is 11.4 Å². The van der Waals surface area contributed by atoms with Crippen molar-refractivity contribution in [1.82, 2.24) is 15.0 Å². The van der Waals surface area contributed by atoms with E-state index in [0.717, 1.165) is 27.0 Å². The fraction of sp³-hybridized carbons (Fsp3) is 0.